The number of hydrogen-bond donors (Lipinski definition) is 1. The highest BCUT2D eigenvalue weighted by atomic mass is 16.1. The fraction of sp³-hybridized carbons (Fsp3) is 0.519. The average molecular weight is 442 g/mol. The van der Waals surface area contributed by atoms with Crippen LogP contribution >= 0.6 is 0 Å². The monoisotopic (exact) mass is 441 g/mol. The Hall–Kier alpha value is -2.57. The SMILES string of the molecule is CC1(C)C2=C(C=NC(N3CCN(C4CCC4)CC3)C2)C(=O)c2c1[nH]c1cc(C3C=N3)ccc21. The summed E-state index contributed by atoms with van der Waals surface area (Å²) in [6.45, 7) is 8.95. The van der Waals surface area contributed by atoms with Gasteiger partial charge in [0.2, 0.25) is 0 Å². The molecule has 0 bridgehead atoms. The maximum Gasteiger partial charge on any atom is 0.197 e. The number of Topliss-reactive ketones (excluding diaryl/α,β-unsaturated/α-hetero) is 1. The summed E-state index contributed by atoms with van der Waals surface area (Å²) >= 11 is 0. The lowest BCUT2D eigenvalue weighted by Gasteiger charge is -2.45. The highest BCUT2D eigenvalue weighted by Crippen LogP contribution is 2.46. The number of piperazine rings is 1. The van der Waals surface area contributed by atoms with Crippen molar-refractivity contribution in [1.29, 1.82) is 0 Å². The second-order valence-electron chi connectivity index (χ2n) is 10.9. The molecule has 2 aromatic rings. The third-order valence-corrected chi connectivity index (χ3v) is 8.76. The van der Waals surface area contributed by atoms with E-state index < -0.39 is 0 Å². The predicted molar refractivity (Wildman–Crippen MR) is 132 cm³/mol. The minimum atomic E-state index is -0.230. The van der Waals surface area contributed by atoms with E-state index in [9.17, 15) is 4.79 Å². The molecule has 1 aromatic carbocycles. The average Bonchev–Trinajstić information content (AvgIpc) is 3.56. The highest BCUT2D eigenvalue weighted by Gasteiger charge is 2.44. The van der Waals surface area contributed by atoms with E-state index in [4.69, 9.17) is 4.99 Å². The predicted octanol–water partition coefficient (Wildman–Crippen LogP) is 4.03. The zero-order chi connectivity index (χ0) is 22.3. The van der Waals surface area contributed by atoms with Gasteiger partial charge in [0.1, 0.15) is 12.2 Å². The molecule has 0 radical (unpaired) electrons. The number of nitrogens with zero attached hydrogens (tertiary/aromatic N) is 4. The number of nitrogens with one attached hydrogen (secondary N) is 1. The molecule has 5 aliphatic rings. The largest absolute Gasteiger partial charge is 0.357 e. The van der Waals surface area contributed by atoms with Gasteiger partial charge < -0.3 is 4.98 Å². The van der Waals surface area contributed by atoms with E-state index in [1.54, 1.807) is 0 Å². The van der Waals surface area contributed by atoms with Gasteiger partial charge in [-0.25, -0.2) is 0 Å². The van der Waals surface area contributed by atoms with E-state index in [2.05, 4.69) is 51.8 Å². The van der Waals surface area contributed by atoms with E-state index in [1.807, 2.05) is 12.4 Å². The molecule has 1 saturated heterocycles. The van der Waals surface area contributed by atoms with Gasteiger partial charge >= 0.3 is 0 Å². The Morgan fingerprint density at radius 2 is 1.82 bits per heavy atom. The van der Waals surface area contributed by atoms with Crippen LogP contribution in [0.25, 0.3) is 10.9 Å². The highest BCUT2D eigenvalue weighted by molar-refractivity contribution is 6.28. The van der Waals surface area contributed by atoms with Crippen molar-refractivity contribution >= 4 is 29.1 Å². The molecule has 33 heavy (non-hydrogen) atoms. The van der Waals surface area contributed by atoms with Gasteiger partial charge in [0.05, 0.1) is 5.56 Å². The molecule has 4 heterocycles. The second-order valence-corrected chi connectivity index (χ2v) is 10.9. The minimum absolute atomic E-state index is 0.123. The molecule has 1 aromatic heterocycles. The van der Waals surface area contributed by atoms with Crippen molar-refractivity contribution in [3.8, 4) is 0 Å². The van der Waals surface area contributed by atoms with Crippen LogP contribution in [-0.4, -0.2) is 71.4 Å². The van der Waals surface area contributed by atoms with E-state index in [0.717, 1.165) is 66.4 Å². The fourth-order valence-corrected chi connectivity index (χ4v) is 6.35. The summed E-state index contributed by atoms with van der Waals surface area (Å²) in [6, 6.07) is 7.38. The van der Waals surface area contributed by atoms with Crippen LogP contribution in [0.5, 0.6) is 0 Å². The van der Waals surface area contributed by atoms with E-state index in [0.29, 0.717) is 0 Å². The number of aromatic amines is 1. The first kappa shape index (κ1) is 19.9. The van der Waals surface area contributed by atoms with Crippen molar-refractivity contribution in [3.05, 3.63) is 46.2 Å². The normalized spacial score (nSPS) is 29.3. The Morgan fingerprint density at radius 1 is 1.06 bits per heavy atom. The first-order valence-electron chi connectivity index (χ1n) is 12.5. The number of allylic oxidation sites excluding steroid dienone is 1. The lowest BCUT2D eigenvalue weighted by atomic mass is 9.69. The van der Waals surface area contributed by atoms with Gasteiger partial charge in [-0.1, -0.05) is 32.4 Å². The third kappa shape index (κ3) is 2.96. The molecule has 7 rings (SSSR count). The smallest absolute Gasteiger partial charge is 0.197 e. The lowest BCUT2D eigenvalue weighted by Crippen LogP contribution is -2.55. The van der Waals surface area contributed by atoms with Crippen LogP contribution in [0.2, 0.25) is 0 Å². The van der Waals surface area contributed by atoms with Crippen molar-refractivity contribution in [2.45, 2.75) is 63.2 Å². The summed E-state index contributed by atoms with van der Waals surface area (Å²) in [5, 5.41) is 1.02. The first-order chi connectivity index (χ1) is 16.0. The maximum absolute atomic E-state index is 13.7. The molecule has 1 saturated carbocycles. The molecular formula is C27H31N5O. The van der Waals surface area contributed by atoms with Crippen molar-refractivity contribution in [2.24, 2.45) is 9.98 Å². The number of dihydropyridines is 1. The van der Waals surface area contributed by atoms with Crippen LogP contribution in [0.3, 0.4) is 0 Å². The van der Waals surface area contributed by atoms with Crippen LogP contribution in [0, 0.1) is 0 Å². The van der Waals surface area contributed by atoms with Crippen LogP contribution in [-0.2, 0) is 5.41 Å². The topological polar surface area (TPSA) is 64.1 Å². The molecular weight excluding hydrogens is 410 g/mol. The molecule has 1 N–H and O–H groups in total. The van der Waals surface area contributed by atoms with Gasteiger partial charge in [-0.3, -0.25) is 24.6 Å². The number of fused-ring (bicyclic) bond motifs is 3. The van der Waals surface area contributed by atoms with Crippen LogP contribution < -0.4 is 0 Å². The summed E-state index contributed by atoms with van der Waals surface area (Å²) in [4.78, 5) is 31.7. The van der Waals surface area contributed by atoms with Gasteiger partial charge in [0.25, 0.3) is 0 Å². The summed E-state index contributed by atoms with van der Waals surface area (Å²) in [7, 11) is 0. The summed E-state index contributed by atoms with van der Waals surface area (Å²) in [5.74, 6) is 0.123. The van der Waals surface area contributed by atoms with Crippen LogP contribution in [0.15, 0.2) is 39.3 Å². The van der Waals surface area contributed by atoms with E-state index in [1.165, 1.54) is 30.4 Å². The molecule has 6 heteroatoms. The number of hydrogen-bond acceptors (Lipinski definition) is 5. The van der Waals surface area contributed by atoms with Gasteiger partial charge in [-0.15, -0.1) is 0 Å². The maximum atomic E-state index is 13.7. The molecule has 2 unspecified atom stereocenters. The van der Waals surface area contributed by atoms with Gasteiger partial charge in [-0.05, 0) is 30.0 Å². The molecule has 2 fully saturated rings. The Labute approximate surface area is 194 Å². The number of carbonyl (C=O) groups is 1. The Bertz CT molecular complexity index is 1250. The number of H-pyrrole nitrogens is 1. The fourth-order valence-electron chi connectivity index (χ4n) is 6.35. The van der Waals surface area contributed by atoms with Crippen LogP contribution in [0.1, 0.15) is 67.2 Å². The standard InChI is InChI=1S/C27H31N5O/c1-27(2)20-13-23(32-10-8-31(9-11-32)17-4-3-5-17)29-14-19(20)25(33)24-18-7-6-16(22-15-28-22)12-21(18)30-26(24)27/h6-7,12,14-15,17,22-23,30H,3-5,8-11,13H2,1-2H3. The van der Waals surface area contributed by atoms with Gasteiger partial charge in [0.15, 0.2) is 5.78 Å². The van der Waals surface area contributed by atoms with Crippen LogP contribution in [0.4, 0.5) is 0 Å². The van der Waals surface area contributed by atoms with Crippen molar-refractivity contribution in [3.63, 3.8) is 0 Å². The summed E-state index contributed by atoms with van der Waals surface area (Å²) in [6.07, 6.45) is 8.96. The zero-order valence-electron chi connectivity index (χ0n) is 19.5. The number of ketones is 1. The van der Waals surface area contributed by atoms with E-state index >= 15 is 0 Å². The van der Waals surface area contributed by atoms with Gasteiger partial charge in [0, 0.05) is 78.7 Å². The lowest BCUT2D eigenvalue weighted by molar-refractivity contribution is 0.0435. The number of benzene rings is 1. The number of aromatic nitrogens is 1. The molecule has 6 nitrogen and oxygen atoms in total. The molecule has 170 valence electrons. The van der Waals surface area contributed by atoms with E-state index in [-0.39, 0.29) is 23.4 Å². The van der Waals surface area contributed by atoms with Gasteiger partial charge in [-0.2, -0.15) is 0 Å². The first-order valence-corrected chi connectivity index (χ1v) is 12.5. The summed E-state index contributed by atoms with van der Waals surface area (Å²) < 4.78 is 0. The minimum Gasteiger partial charge on any atom is -0.357 e. The second kappa shape index (κ2) is 6.97. The number of rotatable bonds is 3. The molecule has 0 spiro atoms. The molecule has 2 atom stereocenters. The summed E-state index contributed by atoms with van der Waals surface area (Å²) in [5.41, 5.74) is 5.93. The third-order valence-electron chi connectivity index (χ3n) is 8.76. The van der Waals surface area contributed by atoms with Crippen molar-refractivity contribution < 1.29 is 4.79 Å². The Balaban J connectivity index is 1.18. The zero-order valence-corrected chi connectivity index (χ0v) is 19.5. The number of carbonyl (C=O) groups excluding carboxylic acids is 1. The Kier molecular flexibility index (Phi) is 4.19. The quantitative estimate of drug-likeness (QED) is 0.782. The Morgan fingerprint density at radius 3 is 2.52 bits per heavy atom. The molecule has 2 aliphatic carbocycles. The van der Waals surface area contributed by atoms with Crippen molar-refractivity contribution in [1.82, 2.24) is 14.8 Å². The van der Waals surface area contributed by atoms with Crippen molar-refractivity contribution in [2.75, 3.05) is 26.2 Å². The molecule has 3 aliphatic heterocycles. The molecule has 0 amide bonds. The number of aliphatic imine (C=N–C) groups is 2.